The summed E-state index contributed by atoms with van der Waals surface area (Å²) in [7, 11) is 1.71. The first-order chi connectivity index (χ1) is 9.31. The van der Waals surface area contributed by atoms with Gasteiger partial charge in [-0.3, -0.25) is 0 Å². The lowest BCUT2D eigenvalue weighted by Gasteiger charge is -2.01. The topological polar surface area (TPSA) is 47.0 Å². The summed E-state index contributed by atoms with van der Waals surface area (Å²) in [6.07, 6.45) is 0.910. The number of methoxy groups -OCH3 is 1. The van der Waals surface area contributed by atoms with Gasteiger partial charge >= 0.3 is 0 Å². The van der Waals surface area contributed by atoms with Gasteiger partial charge in [-0.05, 0) is 12.5 Å². The van der Waals surface area contributed by atoms with Gasteiger partial charge in [0, 0.05) is 32.2 Å². The van der Waals surface area contributed by atoms with E-state index in [-0.39, 0.29) is 0 Å². The molecule has 0 radical (unpaired) electrons. The highest BCUT2D eigenvalue weighted by Crippen LogP contribution is 2.26. The predicted octanol–water partition coefficient (Wildman–Crippen LogP) is 2.29. The van der Waals surface area contributed by atoms with Crippen LogP contribution in [0.4, 0.5) is 0 Å². The van der Waals surface area contributed by atoms with E-state index in [0.29, 0.717) is 0 Å². The van der Waals surface area contributed by atoms with Gasteiger partial charge in [0.15, 0.2) is 0 Å². The Morgan fingerprint density at radius 1 is 1.21 bits per heavy atom. The molecule has 1 aromatic carbocycles. The lowest BCUT2D eigenvalue weighted by Crippen LogP contribution is -2.21. The number of nitrogens with one attached hydrogen (secondary N) is 1. The molecule has 1 aromatic heterocycles. The maximum absolute atomic E-state index is 4.98. The molecule has 2 rings (SSSR count). The Labute approximate surface area is 117 Å². The zero-order valence-electron chi connectivity index (χ0n) is 11.3. The first kappa shape index (κ1) is 14.1. The Morgan fingerprint density at radius 3 is 2.84 bits per heavy atom. The van der Waals surface area contributed by atoms with E-state index in [9.17, 15) is 0 Å². The number of aromatic nitrogens is 2. The van der Waals surface area contributed by atoms with Gasteiger partial charge < -0.3 is 10.1 Å². The minimum Gasteiger partial charge on any atom is -0.383 e. The lowest BCUT2D eigenvalue weighted by molar-refractivity contribution is 0.199. The molecule has 0 amide bonds. The summed E-state index contributed by atoms with van der Waals surface area (Å²) in [5, 5.41) is 13.9. The van der Waals surface area contributed by atoms with Crippen LogP contribution in [0.2, 0.25) is 0 Å². The van der Waals surface area contributed by atoms with Crippen LogP contribution >= 0.6 is 11.3 Å². The molecule has 102 valence electrons. The molecule has 0 unspecified atom stereocenters. The fourth-order valence-corrected chi connectivity index (χ4v) is 2.70. The first-order valence-electron chi connectivity index (χ1n) is 6.39. The van der Waals surface area contributed by atoms with Crippen LogP contribution in [0.25, 0.3) is 10.6 Å². The largest absolute Gasteiger partial charge is 0.383 e. The van der Waals surface area contributed by atoms with E-state index < -0.39 is 0 Å². The van der Waals surface area contributed by atoms with Crippen molar-refractivity contribution in [2.45, 2.75) is 13.3 Å². The third-order valence-electron chi connectivity index (χ3n) is 2.84. The molecule has 0 atom stereocenters. The van der Waals surface area contributed by atoms with Crippen molar-refractivity contribution in [1.29, 1.82) is 0 Å². The van der Waals surface area contributed by atoms with E-state index in [0.717, 1.165) is 36.1 Å². The van der Waals surface area contributed by atoms with Crippen molar-refractivity contribution < 1.29 is 4.74 Å². The van der Waals surface area contributed by atoms with Crippen molar-refractivity contribution in [3.8, 4) is 10.6 Å². The minimum atomic E-state index is 0.741. The predicted molar refractivity (Wildman–Crippen MR) is 78.5 cm³/mol. The average Bonchev–Trinajstić information content (AvgIpc) is 2.88. The van der Waals surface area contributed by atoms with Gasteiger partial charge in [-0.15, -0.1) is 10.2 Å². The average molecular weight is 277 g/mol. The molecule has 19 heavy (non-hydrogen) atoms. The Hall–Kier alpha value is -1.30. The number of ether oxygens (including phenoxy) is 1. The van der Waals surface area contributed by atoms with Gasteiger partial charge in [0.25, 0.3) is 0 Å². The number of aryl methyl sites for hydroxylation is 1. The zero-order valence-corrected chi connectivity index (χ0v) is 12.2. The zero-order chi connectivity index (χ0) is 13.5. The van der Waals surface area contributed by atoms with Crippen LogP contribution in [0.15, 0.2) is 24.3 Å². The molecule has 1 heterocycles. The Kier molecular flexibility index (Phi) is 5.44. The molecule has 0 saturated carbocycles. The van der Waals surface area contributed by atoms with Crippen LogP contribution < -0.4 is 5.32 Å². The van der Waals surface area contributed by atoms with Crippen LogP contribution in [0.3, 0.4) is 0 Å². The third kappa shape index (κ3) is 4.09. The van der Waals surface area contributed by atoms with Crippen molar-refractivity contribution in [3.05, 3.63) is 34.8 Å². The fourth-order valence-electron chi connectivity index (χ4n) is 1.77. The smallest absolute Gasteiger partial charge is 0.148 e. The SMILES string of the molecule is COCCNCCc1nnc(-c2ccccc2C)s1. The molecule has 5 heteroatoms. The summed E-state index contributed by atoms with van der Waals surface area (Å²) in [5.41, 5.74) is 2.42. The molecule has 1 N–H and O–H groups in total. The van der Waals surface area contributed by atoms with Crippen LogP contribution in [0.1, 0.15) is 10.6 Å². The molecule has 0 bridgehead atoms. The fraction of sp³-hybridized carbons (Fsp3) is 0.429. The van der Waals surface area contributed by atoms with Crippen LogP contribution in [0, 0.1) is 6.92 Å². The Morgan fingerprint density at radius 2 is 2.05 bits per heavy atom. The number of benzene rings is 1. The second-order valence-corrected chi connectivity index (χ2v) is 5.37. The highest BCUT2D eigenvalue weighted by atomic mass is 32.1. The molecule has 0 aliphatic rings. The van der Waals surface area contributed by atoms with E-state index in [2.05, 4.69) is 34.6 Å². The lowest BCUT2D eigenvalue weighted by atomic mass is 10.1. The molecule has 0 saturated heterocycles. The van der Waals surface area contributed by atoms with Gasteiger partial charge in [0.1, 0.15) is 10.0 Å². The summed E-state index contributed by atoms with van der Waals surface area (Å²) in [4.78, 5) is 0. The van der Waals surface area contributed by atoms with E-state index >= 15 is 0 Å². The molecule has 2 aromatic rings. The van der Waals surface area contributed by atoms with Crippen molar-refractivity contribution in [2.75, 3.05) is 26.8 Å². The monoisotopic (exact) mass is 277 g/mol. The molecule has 0 aliphatic heterocycles. The highest BCUT2D eigenvalue weighted by Gasteiger charge is 2.08. The van der Waals surface area contributed by atoms with E-state index in [1.54, 1.807) is 18.4 Å². The number of hydrogen-bond donors (Lipinski definition) is 1. The van der Waals surface area contributed by atoms with Gasteiger partial charge in [-0.1, -0.05) is 35.6 Å². The van der Waals surface area contributed by atoms with Crippen LogP contribution in [-0.4, -0.2) is 37.0 Å². The van der Waals surface area contributed by atoms with E-state index in [1.165, 1.54) is 11.1 Å². The summed E-state index contributed by atoms with van der Waals surface area (Å²) in [5.74, 6) is 0. The Bertz CT molecular complexity index is 513. The van der Waals surface area contributed by atoms with E-state index in [4.69, 9.17) is 4.74 Å². The van der Waals surface area contributed by atoms with Gasteiger partial charge in [0.2, 0.25) is 0 Å². The highest BCUT2D eigenvalue weighted by molar-refractivity contribution is 7.14. The molecular formula is C14H19N3OS. The van der Waals surface area contributed by atoms with Crippen molar-refractivity contribution in [3.63, 3.8) is 0 Å². The van der Waals surface area contributed by atoms with Crippen LogP contribution in [-0.2, 0) is 11.2 Å². The summed E-state index contributed by atoms with van der Waals surface area (Å²) < 4.78 is 4.98. The first-order valence-corrected chi connectivity index (χ1v) is 7.21. The van der Waals surface area contributed by atoms with Crippen molar-refractivity contribution in [2.24, 2.45) is 0 Å². The van der Waals surface area contributed by atoms with Crippen molar-refractivity contribution >= 4 is 11.3 Å². The quantitative estimate of drug-likeness (QED) is 0.789. The summed E-state index contributed by atoms with van der Waals surface area (Å²) in [6, 6.07) is 8.27. The van der Waals surface area contributed by atoms with Gasteiger partial charge in [-0.25, -0.2) is 0 Å². The van der Waals surface area contributed by atoms with Crippen molar-refractivity contribution in [1.82, 2.24) is 15.5 Å². The summed E-state index contributed by atoms with van der Waals surface area (Å²) >= 11 is 1.67. The molecule has 0 fully saturated rings. The molecular weight excluding hydrogens is 258 g/mol. The normalized spacial score (nSPS) is 10.8. The maximum Gasteiger partial charge on any atom is 0.148 e. The van der Waals surface area contributed by atoms with Crippen LogP contribution in [0.5, 0.6) is 0 Å². The van der Waals surface area contributed by atoms with Gasteiger partial charge in [0.05, 0.1) is 6.61 Å². The second kappa shape index (κ2) is 7.33. The third-order valence-corrected chi connectivity index (χ3v) is 3.86. The number of rotatable bonds is 7. The Balaban J connectivity index is 1.91. The molecule has 0 spiro atoms. The molecule has 0 aliphatic carbocycles. The standard InChI is InChI=1S/C14H19N3OS/c1-11-5-3-4-6-12(11)14-17-16-13(19-14)7-8-15-9-10-18-2/h3-6,15H,7-10H2,1-2H3. The second-order valence-electron chi connectivity index (χ2n) is 4.31. The molecule has 4 nitrogen and oxygen atoms in total. The summed E-state index contributed by atoms with van der Waals surface area (Å²) in [6.45, 7) is 4.62. The van der Waals surface area contributed by atoms with E-state index in [1.807, 2.05) is 12.1 Å². The maximum atomic E-state index is 4.98. The number of hydrogen-bond acceptors (Lipinski definition) is 5. The minimum absolute atomic E-state index is 0.741. The number of nitrogens with zero attached hydrogens (tertiary/aromatic N) is 2. The van der Waals surface area contributed by atoms with Gasteiger partial charge in [-0.2, -0.15) is 0 Å².